The van der Waals surface area contributed by atoms with Crippen LogP contribution in [0.2, 0.25) is 0 Å². The van der Waals surface area contributed by atoms with Gasteiger partial charge in [0.05, 0.1) is 12.6 Å². The number of guanidine groups is 1. The standard InChI is InChI=1S/C18H33N7O4/c1-11(2)13(10-26)24-16(28)12(5-3-7-22-18(20)21)23-17(29)14-6-4-8-25(14)15(27)9-19/h10-14H,3-9,19H2,1-2H3,(H,23,29)(H,24,28)(H4,20,21,22)/t12-,13+,14-/m0/s1. The molecule has 0 aromatic heterocycles. The van der Waals surface area contributed by atoms with Gasteiger partial charge in [-0.25, -0.2) is 0 Å². The molecule has 1 aliphatic heterocycles. The third kappa shape index (κ3) is 7.68. The Morgan fingerprint density at radius 2 is 1.93 bits per heavy atom. The molecule has 3 amide bonds. The second-order valence-corrected chi connectivity index (χ2v) is 7.37. The molecule has 0 aliphatic carbocycles. The third-order valence-electron chi connectivity index (χ3n) is 4.80. The van der Waals surface area contributed by atoms with Gasteiger partial charge >= 0.3 is 0 Å². The number of aldehydes is 1. The minimum Gasteiger partial charge on any atom is -0.370 e. The first kappa shape index (κ1) is 24.3. The van der Waals surface area contributed by atoms with Crippen molar-refractivity contribution in [2.75, 3.05) is 19.6 Å². The number of rotatable bonds is 11. The van der Waals surface area contributed by atoms with Crippen molar-refractivity contribution in [2.24, 2.45) is 28.1 Å². The number of hydrogen-bond donors (Lipinski definition) is 5. The van der Waals surface area contributed by atoms with Gasteiger partial charge in [0, 0.05) is 13.1 Å². The van der Waals surface area contributed by atoms with Crippen LogP contribution >= 0.6 is 0 Å². The van der Waals surface area contributed by atoms with Crippen molar-refractivity contribution in [3.63, 3.8) is 0 Å². The van der Waals surface area contributed by atoms with Gasteiger partial charge in [-0.1, -0.05) is 13.8 Å². The summed E-state index contributed by atoms with van der Waals surface area (Å²) in [7, 11) is 0. The number of nitrogens with one attached hydrogen (secondary N) is 2. The molecule has 0 unspecified atom stereocenters. The fourth-order valence-electron chi connectivity index (χ4n) is 3.12. The van der Waals surface area contributed by atoms with Crippen LogP contribution in [0, 0.1) is 5.92 Å². The minimum absolute atomic E-state index is 0.0576. The summed E-state index contributed by atoms with van der Waals surface area (Å²) in [6, 6.07) is -2.21. The largest absolute Gasteiger partial charge is 0.370 e. The number of aliphatic imine (C=N–C) groups is 1. The highest BCUT2D eigenvalue weighted by Gasteiger charge is 2.35. The van der Waals surface area contributed by atoms with Crippen molar-refractivity contribution >= 4 is 30.0 Å². The predicted molar refractivity (Wildman–Crippen MR) is 108 cm³/mol. The second-order valence-electron chi connectivity index (χ2n) is 7.37. The maximum absolute atomic E-state index is 12.8. The van der Waals surface area contributed by atoms with E-state index in [4.69, 9.17) is 17.2 Å². The van der Waals surface area contributed by atoms with E-state index in [0.29, 0.717) is 38.6 Å². The lowest BCUT2D eigenvalue weighted by atomic mass is 10.0. The minimum atomic E-state index is -0.881. The van der Waals surface area contributed by atoms with E-state index in [2.05, 4.69) is 15.6 Å². The number of likely N-dealkylation sites (tertiary alicyclic amines) is 1. The van der Waals surface area contributed by atoms with Gasteiger partial charge in [0.1, 0.15) is 18.4 Å². The maximum atomic E-state index is 12.8. The van der Waals surface area contributed by atoms with E-state index in [0.717, 1.165) is 0 Å². The zero-order valence-electron chi connectivity index (χ0n) is 17.1. The Labute approximate surface area is 170 Å². The highest BCUT2D eigenvalue weighted by molar-refractivity contribution is 5.93. The molecule has 8 N–H and O–H groups in total. The number of hydrogen-bond acceptors (Lipinski definition) is 6. The highest BCUT2D eigenvalue weighted by Crippen LogP contribution is 2.18. The van der Waals surface area contributed by atoms with Crippen LogP contribution in [0.15, 0.2) is 4.99 Å². The molecular weight excluding hydrogens is 378 g/mol. The molecule has 3 atom stereocenters. The molecular formula is C18H33N7O4. The summed E-state index contributed by atoms with van der Waals surface area (Å²) in [4.78, 5) is 53.9. The molecule has 0 aromatic rings. The van der Waals surface area contributed by atoms with Crippen LogP contribution < -0.4 is 27.8 Å². The molecule has 1 rings (SSSR count). The zero-order valence-corrected chi connectivity index (χ0v) is 17.1. The predicted octanol–water partition coefficient (Wildman–Crippen LogP) is -2.19. The van der Waals surface area contributed by atoms with Gasteiger partial charge in [-0.3, -0.25) is 19.4 Å². The summed E-state index contributed by atoms with van der Waals surface area (Å²) in [5, 5.41) is 5.36. The van der Waals surface area contributed by atoms with Gasteiger partial charge in [0.25, 0.3) is 0 Å². The lowest BCUT2D eigenvalue weighted by Gasteiger charge is -2.27. The van der Waals surface area contributed by atoms with Crippen molar-refractivity contribution in [3.8, 4) is 0 Å². The van der Waals surface area contributed by atoms with Crippen LogP contribution in [0.4, 0.5) is 0 Å². The number of nitrogens with zero attached hydrogens (tertiary/aromatic N) is 2. The Bertz CT molecular complexity index is 619. The molecule has 0 bridgehead atoms. The molecule has 1 aliphatic rings. The fourth-order valence-corrected chi connectivity index (χ4v) is 3.12. The van der Waals surface area contributed by atoms with Crippen molar-refractivity contribution in [3.05, 3.63) is 0 Å². The molecule has 0 saturated carbocycles. The third-order valence-corrected chi connectivity index (χ3v) is 4.80. The van der Waals surface area contributed by atoms with Crippen LogP contribution in [0.5, 0.6) is 0 Å². The van der Waals surface area contributed by atoms with Crippen LogP contribution in [0.3, 0.4) is 0 Å². The summed E-state index contributed by atoms with van der Waals surface area (Å²) >= 11 is 0. The van der Waals surface area contributed by atoms with Gasteiger partial charge in [0.2, 0.25) is 17.7 Å². The smallest absolute Gasteiger partial charge is 0.243 e. The zero-order chi connectivity index (χ0) is 22.0. The highest BCUT2D eigenvalue weighted by atomic mass is 16.2. The number of carbonyl (C=O) groups excluding carboxylic acids is 4. The first-order valence-corrected chi connectivity index (χ1v) is 9.82. The van der Waals surface area contributed by atoms with Crippen LogP contribution in [-0.4, -0.2) is 72.6 Å². The molecule has 164 valence electrons. The van der Waals surface area contributed by atoms with E-state index in [1.807, 2.05) is 0 Å². The molecule has 0 spiro atoms. The fraction of sp³-hybridized carbons (Fsp3) is 0.722. The molecule has 1 fully saturated rings. The van der Waals surface area contributed by atoms with Gasteiger partial charge in [-0.05, 0) is 31.6 Å². The van der Waals surface area contributed by atoms with E-state index < -0.39 is 29.9 Å². The Morgan fingerprint density at radius 1 is 1.24 bits per heavy atom. The van der Waals surface area contributed by atoms with Crippen LogP contribution in [0.1, 0.15) is 39.5 Å². The van der Waals surface area contributed by atoms with Crippen LogP contribution in [0.25, 0.3) is 0 Å². The van der Waals surface area contributed by atoms with Crippen LogP contribution in [-0.2, 0) is 19.2 Å². The number of nitrogens with two attached hydrogens (primary N) is 3. The summed E-state index contributed by atoms with van der Waals surface area (Å²) < 4.78 is 0. The van der Waals surface area contributed by atoms with Gasteiger partial charge in [-0.2, -0.15) is 0 Å². The van der Waals surface area contributed by atoms with E-state index in [9.17, 15) is 19.2 Å². The lowest BCUT2D eigenvalue weighted by molar-refractivity contribution is -0.138. The van der Waals surface area contributed by atoms with E-state index >= 15 is 0 Å². The summed E-state index contributed by atoms with van der Waals surface area (Å²) in [6.45, 7) is 4.18. The van der Waals surface area contributed by atoms with Crippen molar-refractivity contribution in [1.29, 1.82) is 0 Å². The molecule has 11 nitrogen and oxygen atoms in total. The normalized spacial score (nSPS) is 18.1. The SMILES string of the molecule is CC(C)[C@@H](C=O)NC(=O)[C@H](CCCN=C(N)N)NC(=O)[C@@H]1CCCN1C(=O)CN. The molecule has 0 aromatic carbocycles. The van der Waals surface area contributed by atoms with Gasteiger partial charge < -0.3 is 37.5 Å². The lowest BCUT2D eigenvalue weighted by Crippen LogP contribution is -2.55. The number of carbonyl (C=O) groups is 4. The molecule has 11 heteroatoms. The average Bonchev–Trinajstić information content (AvgIpc) is 3.16. The topological polar surface area (TPSA) is 186 Å². The first-order valence-electron chi connectivity index (χ1n) is 9.82. The molecule has 1 heterocycles. The van der Waals surface area contributed by atoms with E-state index in [1.54, 1.807) is 13.8 Å². The first-order chi connectivity index (χ1) is 13.7. The Balaban J connectivity index is 2.84. The van der Waals surface area contributed by atoms with E-state index in [-0.39, 0.29) is 30.8 Å². The second kappa shape index (κ2) is 12.0. The van der Waals surface area contributed by atoms with Gasteiger partial charge in [0.15, 0.2) is 5.96 Å². The molecule has 1 saturated heterocycles. The summed E-state index contributed by atoms with van der Waals surface area (Å²) in [5.41, 5.74) is 16.0. The average molecular weight is 412 g/mol. The van der Waals surface area contributed by atoms with E-state index in [1.165, 1.54) is 4.90 Å². The summed E-state index contributed by atoms with van der Waals surface area (Å²) in [5.74, 6) is -1.35. The Hall–Kier alpha value is -2.69. The van der Waals surface area contributed by atoms with Crippen molar-refractivity contribution in [1.82, 2.24) is 15.5 Å². The quantitative estimate of drug-likeness (QED) is 0.111. The molecule has 0 radical (unpaired) electrons. The maximum Gasteiger partial charge on any atom is 0.243 e. The van der Waals surface area contributed by atoms with Crippen molar-refractivity contribution < 1.29 is 19.2 Å². The molecule has 29 heavy (non-hydrogen) atoms. The van der Waals surface area contributed by atoms with Gasteiger partial charge in [-0.15, -0.1) is 0 Å². The Morgan fingerprint density at radius 3 is 2.48 bits per heavy atom. The van der Waals surface area contributed by atoms with Crippen molar-refractivity contribution in [2.45, 2.75) is 57.7 Å². The monoisotopic (exact) mass is 411 g/mol. The number of amides is 3. The Kier molecular flexibility index (Phi) is 10.1. The summed E-state index contributed by atoms with van der Waals surface area (Å²) in [6.07, 6.45) is 2.57.